The first-order valence-electron chi connectivity index (χ1n) is 8.22. The first-order chi connectivity index (χ1) is 11.9. The Morgan fingerprint density at radius 1 is 1.24 bits per heavy atom. The highest BCUT2D eigenvalue weighted by atomic mass is 35.5. The average Bonchev–Trinajstić information content (AvgIpc) is 2.63. The molecule has 0 spiro atoms. The van der Waals surface area contributed by atoms with Gasteiger partial charge in [0.1, 0.15) is 11.7 Å². The Morgan fingerprint density at radius 2 is 1.92 bits per heavy atom. The van der Waals surface area contributed by atoms with Crippen molar-refractivity contribution in [2.45, 2.75) is 20.0 Å². The Balaban J connectivity index is 1.85. The molecule has 0 aliphatic carbocycles. The molecule has 6 heteroatoms. The molecule has 0 saturated carbocycles. The molecule has 1 atom stereocenters. The van der Waals surface area contributed by atoms with Crippen LogP contribution >= 0.6 is 11.6 Å². The van der Waals surface area contributed by atoms with E-state index in [4.69, 9.17) is 16.3 Å². The van der Waals surface area contributed by atoms with Crippen LogP contribution in [0.2, 0.25) is 5.02 Å². The lowest BCUT2D eigenvalue weighted by Crippen LogP contribution is -2.44. The monoisotopic (exact) mass is 360 g/mol. The standard InChI is InChI=1S/C19H21ClN2O3/c1-12-10-16(18(23)21(3)13(12)2)19(24)22-8-9-25-17(11-22)14-4-6-15(20)7-5-14/h4-7,10,17H,8-9,11H2,1-3H3/t17-/m1/s1. The summed E-state index contributed by atoms with van der Waals surface area (Å²) in [6.45, 7) is 5.09. The van der Waals surface area contributed by atoms with Crippen LogP contribution in [0.15, 0.2) is 35.1 Å². The number of amides is 1. The lowest BCUT2D eigenvalue weighted by Gasteiger charge is -2.33. The lowest BCUT2D eigenvalue weighted by molar-refractivity contribution is -0.0229. The number of hydrogen-bond donors (Lipinski definition) is 0. The van der Waals surface area contributed by atoms with Crippen molar-refractivity contribution in [3.8, 4) is 0 Å². The maximum atomic E-state index is 12.9. The smallest absolute Gasteiger partial charge is 0.263 e. The van der Waals surface area contributed by atoms with E-state index in [1.807, 2.05) is 26.0 Å². The van der Waals surface area contributed by atoms with Crippen LogP contribution in [0.4, 0.5) is 0 Å². The number of halogens is 1. The van der Waals surface area contributed by atoms with E-state index in [0.717, 1.165) is 16.8 Å². The fourth-order valence-electron chi connectivity index (χ4n) is 3.02. The van der Waals surface area contributed by atoms with E-state index in [1.165, 1.54) is 4.57 Å². The maximum Gasteiger partial charge on any atom is 0.263 e. The molecule has 1 aliphatic heterocycles. The van der Waals surface area contributed by atoms with Gasteiger partial charge >= 0.3 is 0 Å². The number of nitrogens with zero attached hydrogens (tertiary/aromatic N) is 2. The predicted molar refractivity (Wildman–Crippen MR) is 97.2 cm³/mol. The van der Waals surface area contributed by atoms with Crippen molar-refractivity contribution >= 4 is 17.5 Å². The maximum absolute atomic E-state index is 12.9. The molecule has 2 heterocycles. The van der Waals surface area contributed by atoms with Gasteiger partial charge in [-0.1, -0.05) is 23.7 Å². The van der Waals surface area contributed by atoms with Gasteiger partial charge in [-0.05, 0) is 43.2 Å². The number of carbonyl (C=O) groups is 1. The Labute approximate surface area is 151 Å². The zero-order chi connectivity index (χ0) is 18.1. The summed E-state index contributed by atoms with van der Waals surface area (Å²) in [5, 5.41) is 0.658. The second-order valence-electron chi connectivity index (χ2n) is 6.35. The van der Waals surface area contributed by atoms with Gasteiger partial charge in [-0.3, -0.25) is 9.59 Å². The van der Waals surface area contributed by atoms with E-state index in [0.29, 0.717) is 24.7 Å². The Bertz CT molecular complexity index is 858. The molecule has 1 aliphatic rings. The Morgan fingerprint density at radius 3 is 2.60 bits per heavy atom. The number of aromatic nitrogens is 1. The molecule has 132 valence electrons. The molecule has 0 radical (unpaired) electrons. The zero-order valence-electron chi connectivity index (χ0n) is 14.6. The second kappa shape index (κ2) is 7.02. The molecule has 2 aromatic rings. The van der Waals surface area contributed by atoms with Gasteiger partial charge in [0, 0.05) is 24.3 Å². The minimum Gasteiger partial charge on any atom is -0.370 e. The van der Waals surface area contributed by atoms with Crippen molar-refractivity contribution in [3.05, 3.63) is 68.1 Å². The van der Waals surface area contributed by atoms with Crippen LogP contribution in [0.3, 0.4) is 0 Å². The summed E-state index contributed by atoms with van der Waals surface area (Å²) in [5.74, 6) is -0.244. The normalized spacial score (nSPS) is 17.6. The van der Waals surface area contributed by atoms with Gasteiger partial charge in [0.2, 0.25) is 0 Å². The van der Waals surface area contributed by atoms with Crippen molar-refractivity contribution in [3.63, 3.8) is 0 Å². The third-order valence-electron chi connectivity index (χ3n) is 4.80. The summed E-state index contributed by atoms with van der Waals surface area (Å²) in [6.07, 6.45) is -0.217. The molecule has 3 rings (SSSR count). The first-order valence-corrected chi connectivity index (χ1v) is 8.60. The van der Waals surface area contributed by atoms with Gasteiger partial charge in [0.15, 0.2) is 0 Å². The fraction of sp³-hybridized carbons (Fsp3) is 0.368. The quantitative estimate of drug-likeness (QED) is 0.827. The van der Waals surface area contributed by atoms with Crippen molar-refractivity contribution in [1.82, 2.24) is 9.47 Å². The number of pyridine rings is 1. The summed E-state index contributed by atoms with van der Waals surface area (Å²) in [7, 11) is 1.69. The highest BCUT2D eigenvalue weighted by molar-refractivity contribution is 6.30. The summed E-state index contributed by atoms with van der Waals surface area (Å²) in [5.41, 5.74) is 2.70. The number of carbonyl (C=O) groups excluding carboxylic acids is 1. The van der Waals surface area contributed by atoms with Crippen LogP contribution in [-0.4, -0.2) is 35.1 Å². The number of ether oxygens (including phenoxy) is 1. The van der Waals surface area contributed by atoms with Crippen LogP contribution < -0.4 is 5.56 Å². The highest BCUT2D eigenvalue weighted by Gasteiger charge is 2.28. The van der Waals surface area contributed by atoms with E-state index in [-0.39, 0.29) is 23.1 Å². The molecule has 1 amide bonds. The molecular formula is C19H21ClN2O3. The van der Waals surface area contributed by atoms with E-state index in [1.54, 1.807) is 30.1 Å². The number of hydrogen-bond acceptors (Lipinski definition) is 3. The molecule has 0 bridgehead atoms. The molecule has 25 heavy (non-hydrogen) atoms. The molecule has 0 N–H and O–H groups in total. The van der Waals surface area contributed by atoms with Gasteiger partial charge in [-0.25, -0.2) is 0 Å². The molecule has 1 aromatic carbocycles. The Hall–Kier alpha value is -2.11. The lowest BCUT2D eigenvalue weighted by atomic mass is 10.1. The summed E-state index contributed by atoms with van der Waals surface area (Å²) in [6, 6.07) is 9.10. The van der Waals surface area contributed by atoms with E-state index in [9.17, 15) is 9.59 Å². The summed E-state index contributed by atoms with van der Waals surface area (Å²) < 4.78 is 7.32. The topological polar surface area (TPSA) is 51.5 Å². The van der Waals surface area contributed by atoms with Crippen LogP contribution in [0.5, 0.6) is 0 Å². The third-order valence-corrected chi connectivity index (χ3v) is 5.05. The largest absolute Gasteiger partial charge is 0.370 e. The average molecular weight is 361 g/mol. The molecule has 1 saturated heterocycles. The van der Waals surface area contributed by atoms with Crippen LogP contribution in [0, 0.1) is 13.8 Å². The first kappa shape index (κ1) is 17.7. The molecule has 0 unspecified atom stereocenters. The number of rotatable bonds is 2. The predicted octanol–water partition coefficient (Wildman–Crippen LogP) is 2.87. The van der Waals surface area contributed by atoms with Gasteiger partial charge in [-0.2, -0.15) is 0 Å². The van der Waals surface area contributed by atoms with Crippen molar-refractivity contribution < 1.29 is 9.53 Å². The molecular weight excluding hydrogens is 340 g/mol. The van der Waals surface area contributed by atoms with Crippen LogP contribution in [-0.2, 0) is 11.8 Å². The van der Waals surface area contributed by atoms with Gasteiger partial charge in [0.05, 0.1) is 13.2 Å². The van der Waals surface area contributed by atoms with Gasteiger partial charge in [-0.15, -0.1) is 0 Å². The number of benzene rings is 1. The van der Waals surface area contributed by atoms with Crippen molar-refractivity contribution in [2.24, 2.45) is 7.05 Å². The van der Waals surface area contributed by atoms with Crippen LogP contribution in [0.1, 0.15) is 33.3 Å². The van der Waals surface area contributed by atoms with Gasteiger partial charge < -0.3 is 14.2 Å². The van der Waals surface area contributed by atoms with Gasteiger partial charge in [0.25, 0.3) is 11.5 Å². The van der Waals surface area contributed by atoms with Crippen molar-refractivity contribution in [1.29, 1.82) is 0 Å². The minimum absolute atomic E-state index is 0.211. The molecule has 1 aromatic heterocycles. The second-order valence-corrected chi connectivity index (χ2v) is 6.79. The summed E-state index contributed by atoms with van der Waals surface area (Å²) >= 11 is 5.93. The minimum atomic E-state index is -0.261. The van der Waals surface area contributed by atoms with Crippen molar-refractivity contribution in [2.75, 3.05) is 19.7 Å². The summed E-state index contributed by atoms with van der Waals surface area (Å²) in [4.78, 5) is 27.1. The number of aryl methyl sites for hydroxylation is 1. The highest BCUT2D eigenvalue weighted by Crippen LogP contribution is 2.24. The van der Waals surface area contributed by atoms with E-state index >= 15 is 0 Å². The van der Waals surface area contributed by atoms with E-state index < -0.39 is 0 Å². The van der Waals surface area contributed by atoms with E-state index in [2.05, 4.69) is 0 Å². The third kappa shape index (κ3) is 3.48. The van der Waals surface area contributed by atoms with Crippen LogP contribution in [0.25, 0.3) is 0 Å². The Kier molecular flexibility index (Phi) is 4.97. The number of morpholine rings is 1. The SMILES string of the molecule is Cc1cc(C(=O)N2CCO[C@@H](c3ccc(Cl)cc3)C2)c(=O)n(C)c1C. The molecule has 5 nitrogen and oxygen atoms in total. The zero-order valence-corrected chi connectivity index (χ0v) is 15.3. The fourth-order valence-corrected chi connectivity index (χ4v) is 3.14. The molecule has 1 fully saturated rings.